The molecular weight excluding hydrogens is 284 g/mol. The van der Waals surface area contributed by atoms with E-state index < -0.39 is 27.9 Å². The molecule has 1 fully saturated rings. The van der Waals surface area contributed by atoms with Gasteiger partial charge in [0.1, 0.15) is 0 Å². The van der Waals surface area contributed by atoms with Crippen LogP contribution < -0.4 is 0 Å². The Hall–Kier alpha value is -0.720. The summed E-state index contributed by atoms with van der Waals surface area (Å²) in [4.78, 5) is 0.119. The van der Waals surface area contributed by atoms with Gasteiger partial charge in [-0.1, -0.05) is 17.7 Å². The first kappa shape index (κ1) is 13.7. The van der Waals surface area contributed by atoms with Crippen LogP contribution in [0.25, 0.3) is 0 Å². The van der Waals surface area contributed by atoms with E-state index in [9.17, 15) is 17.2 Å². The Kier molecular flexibility index (Phi) is 3.38. The average Bonchev–Trinajstić information content (AvgIpc) is 2.95. The second-order valence-corrected chi connectivity index (χ2v) is 6.80. The van der Waals surface area contributed by atoms with Crippen molar-refractivity contribution in [1.82, 2.24) is 4.31 Å². The fraction of sp³-hybridized carbons (Fsp3) is 0.455. The molecule has 2 atom stereocenters. The van der Waals surface area contributed by atoms with Gasteiger partial charge in [-0.05, 0) is 30.7 Å². The molecule has 100 valence electrons. The van der Waals surface area contributed by atoms with Crippen LogP contribution >= 0.6 is 11.6 Å². The highest BCUT2D eigenvalue weighted by Gasteiger charge is 2.49. The minimum Gasteiger partial charge on any atom is -0.207 e. The zero-order valence-electron chi connectivity index (χ0n) is 9.61. The molecule has 2 rings (SSSR count). The molecule has 18 heavy (non-hydrogen) atoms. The molecule has 0 saturated carbocycles. The van der Waals surface area contributed by atoms with Gasteiger partial charge in [0, 0.05) is 19.0 Å². The standard InChI is InChI=1S/C11H12ClF2NO2S/c1-8-2-4-10(5-3-8)18(16,17)15-7-9(15)6-11(12,13)14/h2-5,9H,6-7H2,1H3. The lowest BCUT2D eigenvalue weighted by molar-refractivity contribution is 0.0841. The molecule has 0 radical (unpaired) electrons. The van der Waals surface area contributed by atoms with Crippen LogP contribution in [-0.4, -0.2) is 30.7 Å². The third kappa shape index (κ3) is 2.99. The lowest BCUT2D eigenvalue weighted by Gasteiger charge is -2.09. The van der Waals surface area contributed by atoms with Crippen molar-refractivity contribution in [1.29, 1.82) is 0 Å². The summed E-state index contributed by atoms with van der Waals surface area (Å²) in [6.07, 6.45) is -0.653. The van der Waals surface area contributed by atoms with Gasteiger partial charge in [0.25, 0.3) is 0 Å². The molecule has 1 aliphatic heterocycles. The quantitative estimate of drug-likeness (QED) is 0.632. The molecule has 1 aliphatic rings. The molecule has 3 nitrogen and oxygen atoms in total. The topological polar surface area (TPSA) is 37.1 Å². The number of rotatable bonds is 4. The van der Waals surface area contributed by atoms with Crippen LogP contribution in [0.5, 0.6) is 0 Å². The van der Waals surface area contributed by atoms with Crippen molar-refractivity contribution in [3.05, 3.63) is 29.8 Å². The Labute approximate surface area is 109 Å². The zero-order valence-corrected chi connectivity index (χ0v) is 11.2. The van der Waals surface area contributed by atoms with E-state index in [2.05, 4.69) is 0 Å². The molecule has 7 heteroatoms. The Morgan fingerprint density at radius 2 is 1.94 bits per heavy atom. The van der Waals surface area contributed by atoms with Crippen molar-refractivity contribution in [2.45, 2.75) is 29.7 Å². The Morgan fingerprint density at radius 1 is 1.39 bits per heavy atom. The van der Waals surface area contributed by atoms with Crippen molar-refractivity contribution in [2.75, 3.05) is 6.54 Å². The lowest BCUT2D eigenvalue weighted by Crippen LogP contribution is -2.18. The summed E-state index contributed by atoms with van der Waals surface area (Å²) >= 11 is 4.80. The van der Waals surface area contributed by atoms with Crippen LogP contribution in [0.3, 0.4) is 0 Å². The number of nitrogens with zero attached hydrogens (tertiary/aromatic N) is 1. The van der Waals surface area contributed by atoms with E-state index in [4.69, 9.17) is 11.6 Å². The lowest BCUT2D eigenvalue weighted by atomic mass is 10.2. The number of sulfonamides is 1. The van der Waals surface area contributed by atoms with Crippen LogP contribution in [0.4, 0.5) is 8.78 Å². The van der Waals surface area contributed by atoms with E-state index in [-0.39, 0.29) is 11.4 Å². The van der Waals surface area contributed by atoms with Crippen LogP contribution in [0.2, 0.25) is 0 Å². The van der Waals surface area contributed by atoms with Crippen molar-refractivity contribution < 1.29 is 17.2 Å². The van der Waals surface area contributed by atoms with Crippen molar-refractivity contribution in [3.8, 4) is 0 Å². The molecule has 0 bridgehead atoms. The van der Waals surface area contributed by atoms with Crippen molar-refractivity contribution >= 4 is 21.6 Å². The largest absolute Gasteiger partial charge is 0.323 e. The highest BCUT2D eigenvalue weighted by molar-refractivity contribution is 7.89. The first-order chi connectivity index (χ1) is 8.20. The summed E-state index contributed by atoms with van der Waals surface area (Å²) < 4.78 is 50.3. The number of aryl methyl sites for hydroxylation is 1. The second-order valence-electron chi connectivity index (χ2n) is 4.36. The van der Waals surface area contributed by atoms with Crippen molar-refractivity contribution in [2.24, 2.45) is 0 Å². The SMILES string of the molecule is Cc1ccc(S(=O)(=O)N2CC2CC(F)(F)Cl)cc1. The van der Waals surface area contributed by atoms with Crippen LogP contribution in [0.15, 0.2) is 29.2 Å². The highest BCUT2D eigenvalue weighted by Crippen LogP contribution is 2.37. The number of hydrogen-bond donors (Lipinski definition) is 0. The Balaban J connectivity index is 2.13. The van der Waals surface area contributed by atoms with E-state index in [1.54, 1.807) is 12.1 Å². The first-order valence-corrected chi connectivity index (χ1v) is 7.17. The van der Waals surface area contributed by atoms with Gasteiger partial charge in [-0.2, -0.15) is 13.1 Å². The van der Waals surface area contributed by atoms with Crippen LogP contribution in [-0.2, 0) is 10.0 Å². The molecule has 1 saturated heterocycles. The van der Waals surface area contributed by atoms with E-state index in [0.29, 0.717) is 0 Å². The Bertz CT molecular complexity index is 539. The molecule has 1 aromatic carbocycles. The van der Waals surface area contributed by atoms with E-state index in [1.807, 2.05) is 6.92 Å². The van der Waals surface area contributed by atoms with Gasteiger partial charge in [-0.3, -0.25) is 0 Å². The predicted molar refractivity (Wildman–Crippen MR) is 64.3 cm³/mol. The van der Waals surface area contributed by atoms with Gasteiger partial charge in [0.15, 0.2) is 0 Å². The maximum absolute atomic E-state index is 12.6. The average molecular weight is 296 g/mol. The minimum atomic E-state index is -3.66. The van der Waals surface area contributed by atoms with Gasteiger partial charge in [0.05, 0.1) is 4.90 Å². The molecular formula is C11H12ClF2NO2S. The van der Waals surface area contributed by atoms with E-state index >= 15 is 0 Å². The van der Waals surface area contributed by atoms with Crippen molar-refractivity contribution in [3.63, 3.8) is 0 Å². The van der Waals surface area contributed by atoms with E-state index in [1.165, 1.54) is 12.1 Å². The van der Waals surface area contributed by atoms with Crippen LogP contribution in [0.1, 0.15) is 12.0 Å². The van der Waals surface area contributed by atoms with Gasteiger partial charge in [0.2, 0.25) is 10.0 Å². The minimum absolute atomic E-state index is 0.0958. The number of hydrogen-bond acceptors (Lipinski definition) is 2. The summed E-state index contributed by atoms with van der Waals surface area (Å²) in [7, 11) is -3.66. The summed E-state index contributed by atoms with van der Waals surface area (Å²) in [5, 5.41) is -3.36. The second kappa shape index (κ2) is 4.43. The fourth-order valence-corrected chi connectivity index (χ4v) is 3.50. The molecule has 1 aromatic rings. The molecule has 1 heterocycles. The van der Waals surface area contributed by atoms with Gasteiger partial charge in [-0.25, -0.2) is 8.42 Å². The van der Waals surface area contributed by atoms with E-state index in [0.717, 1.165) is 9.87 Å². The molecule has 2 unspecified atom stereocenters. The normalized spacial score (nSPS) is 24.0. The Morgan fingerprint density at radius 3 is 2.44 bits per heavy atom. The zero-order chi connectivity index (χ0) is 13.6. The highest BCUT2D eigenvalue weighted by atomic mass is 35.5. The third-order valence-electron chi connectivity index (χ3n) is 2.76. The maximum atomic E-state index is 12.6. The summed E-state index contributed by atoms with van der Waals surface area (Å²) in [5.41, 5.74) is 0.934. The molecule has 0 N–H and O–H groups in total. The molecule has 0 aromatic heterocycles. The summed E-state index contributed by atoms with van der Waals surface area (Å²) in [6, 6.07) is 5.57. The summed E-state index contributed by atoms with van der Waals surface area (Å²) in [6.45, 7) is 1.93. The predicted octanol–water partition coefficient (Wildman–Crippen LogP) is 2.59. The van der Waals surface area contributed by atoms with Gasteiger partial charge >= 0.3 is 5.38 Å². The summed E-state index contributed by atoms with van der Waals surface area (Å²) in [5.74, 6) is 0. The molecule has 0 amide bonds. The smallest absolute Gasteiger partial charge is 0.207 e. The number of alkyl halides is 3. The number of benzene rings is 1. The first-order valence-electron chi connectivity index (χ1n) is 5.35. The van der Waals surface area contributed by atoms with Gasteiger partial charge < -0.3 is 0 Å². The molecule has 0 aliphatic carbocycles. The fourth-order valence-electron chi connectivity index (χ4n) is 1.73. The van der Waals surface area contributed by atoms with Crippen LogP contribution in [0, 0.1) is 6.92 Å². The van der Waals surface area contributed by atoms with Gasteiger partial charge in [-0.15, -0.1) is 0 Å². The molecule has 0 spiro atoms. The third-order valence-corrected chi connectivity index (χ3v) is 4.85. The monoisotopic (exact) mass is 295 g/mol. The number of halogens is 3. The maximum Gasteiger partial charge on any atom is 0.323 e.